The number of carbonyl (C=O) groups is 1. The van der Waals surface area contributed by atoms with Gasteiger partial charge in [0.15, 0.2) is 5.82 Å². The fourth-order valence-corrected chi connectivity index (χ4v) is 3.93. The van der Waals surface area contributed by atoms with Gasteiger partial charge in [-0.05, 0) is 36.3 Å². The molecule has 0 aliphatic rings. The summed E-state index contributed by atoms with van der Waals surface area (Å²) in [5, 5.41) is 1.05. The number of hydrogen-bond donors (Lipinski definition) is 0. The molecule has 0 saturated heterocycles. The van der Waals surface area contributed by atoms with E-state index in [9.17, 15) is 9.18 Å². The molecule has 1 aromatic carbocycles. The monoisotopic (exact) mass is 396 g/mol. The number of carbonyl (C=O) groups excluding carboxylic acids is 1. The van der Waals surface area contributed by atoms with Gasteiger partial charge in [0.25, 0.3) is 0 Å². The van der Waals surface area contributed by atoms with Crippen LogP contribution in [0.3, 0.4) is 0 Å². The molecule has 2 heterocycles. The standard InChI is InChI=1S/C17H11Cl2FN2O2S/c1-8-12-14(19)21-15(22-16(12)25-13(8)17(23)24-2)11(18)7-9-3-5-10(20)6-4-9/h3-7H,1-2H3/b11-7-. The Morgan fingerprint density at radius 3 is 2.60 bits per heavy atom. The first-order chi connectivity index (χ1) is 11.9. The van der Waals surface area contributed by atoms with Gasteiger partial charge in [0, 0.05) is 0 Å². The van der Waals surface area contributed by atoms with Crippen LogP contribution in [-0.2, 0) is 4.74 Å². The van der Waals surface area contributed by atoms with Crippen molar-refractivity contribution in [3.05, 3.63) is 57.1 Å². The van der Waals surface area contributed by atoms with Gasteiger partial charge in [-0.1, -0.05) is 35.3 Å². The zero-order chi connectivity index (χ0) is 18.1. The predicted molar refractivity (Wildman–Crippen MR) is 98.6 cm³/mol. The molecule has 2 aromatic heterocycles. The van der Waals surface area contributed by atoms with E-state index in [0.717, 1.165) is 0 Å². The summed E-state index contributed by atoms with van der Waals surface area (Å²) in [5.41, 5.74) is 1.37. The van der Waals surface area contributed by atoms with Gasteiger partial charge in [-0.3, -0.25) is 0 Å². The highest BCUT2D eigenvalue weighted by atomic mass is 35.5. The third-order valence-electron chi connectivity index (χ3n) is 3.49. The fourth-order valence-electron chi connectivity index (χ4n) is 2.25. The number of aryl methyl sites for hydroxylation is 1. The van der Waals surface area contributed by atoms with E-state index in [0.29, 0.717) is 26.2 Å². The normalized spacial score (nSPS) is 11.8. The van der Waals surface area contributed by atoms with E-state index in [-0.39, 0.29) is 21.8 Å². The van der Waals surface area contributed by atoms with E-state index >= 15 is 0 Å². The molecule has 3 aromatic rings. The Bertz CT molecular complexity index is 1000. The van der Waals surface area contributed by atoms with Crippen molar-refractivity contribution in [2.24, 2.45) is 0 Å². The van der Waals surface area contributed by atoms with Crippen molar-refractivity contribution >= 4 is 61.8 Å². The van der Waals surface area contributed by atoms with Crippen LogP contribution < -0.4 is 0 Å². The number of methoxy groups -OCH3 is 1. The Balaban J connectivity index is 2.08. The minimum absolute atomic E-state index is 0.203. The van der Waals surface area contributed by atoms with Gasteiger partial charge in [0.05, 0.1) is 17.5 Å². The van der Waals surface area contributed by atoms with Crippen molar-refractivity contribution in [1.82, 2.24) is 9.97 Å². The van der Waals surface area contributed by atoms with E-state index in [2.05, 4.69) is 9.97 Å². The molecule has 0 N–H and O–H groups in total. The molecule has 0 unspecified atom stereocenters. The van der Waals surface area contributed by atoms with Gasteiger partial charge in [-0.15, -0.1) is 11.3 Å². The largest absolute Gasteiger partial charge is 0.465 e. The molecule has 0 bridgehead atoms. The zero-order valence-corrected chi connectivity index (χ0v) is 15.5. The lowest BCUT2D eigenvalue weighted by Gasteiger charge is -2.02. The summed E-state index contributed by atoms with van der Waals surface area (Å²) in [7, 11) is 1.31. The first kappa shape index (κ1) is 17.8. The smallest absolute Gasteiger partial charge is 0.348 e. The second kappa shape index (κ2) is 7.07. The molecule has 0 fully saturated rings. The summed E-state index contributed by atoms with van der Waals surface area (Å²) in [4.78, 5) is 21.4. The SMILES string of the molecule is COC(=O)c1sc2nc(/C(Cl)=C/c3ccc(F)cc3)nc(Cl)c2c1C. The van der Waals surface area contributed by atoms with Gasteiger partial charge >= 0.3 is 5.97 Å². The maximum Gasteiger partial charge on any atom is 0.348 e. The van der Waals surface area contributed by atoms with Crippen LogP contribution in [0.1, 0.15) is 26.6 Å². The van der Waals surface area contributed by atoms with Crippen LogP contribution in [-0.4, -0.2) is 23.0 Å². The lowest BCUT2D eigenvalue weighted by Crippen LogP contribution is -1.99. The number of hydrogen-bond acceptors (Lipinski definition) is 5. The first-order valence-electron chi connectivity index (χ1n) is 7.08. The summed E-state index contributed by atoms with van der Waals surface area (Å²) >= 11 is 13.7. The molecule has 4 nitrogen and oxygen atoms in total. The van der Waals surface area contributed by atoms with Crippen molar-refractivity contribution in [3.63, 3.8) is 0 Å². The minimum atomic E-state index is -0.453. The average molecular weight is 397 g/mol. The average Bonchev–Trinajstić information content (AvgIpc) is 2.93. The van der Waals surface area contributed by atoms with Crippen molar-refractivity contribution in [2.45, 2.75) is 6.92 Å². The van der Waals surface area contributed by atoms with Crippen molar-refractivity contribution in [1.29, 1.82) is 0 Å². The van der Waals surface area contributed by atoms with E-state index in [4.69, 9.17) is 27.9 Å². The Hall–Kier alpha value is -2.02. The first-order valence-corrected chi connectivity index (χ1v) is 8.66. The van der Waals surface area contributed by atoms with E-state index in [1.54, 1.807) is 25.1 Å². The molecule has 0 aliphatic carbocycles. The number of aromatic nitrogens is 2. The molecular formula is C17H11Cl2FN2O2S. The highest BCUT2D eigenvalue weighted by Gasteiger charge is 2.20. The maximum atomic E-state index is 13.0. The quantitative estimate of drug-likeness (QED) is 0.444. The number of esters is 1. The number of fused-ring (bicyclic) bond motifs is 1. The molecule has 0 amide bonds. The molecule has 0 spiro atoms. The lowest BCUT2D eigenvalue weighted by molar-refractivity contribution is 0.0605. The van der Waals surface area contributed by atoms with Gasteiger partial charge in [-0.25, -0.2) is 19.2 Å². The van der Waals surface area contributed by atoms with Crippen molar-refractivity contribution in [2.75, 3.05) is 7.11 Å². The Morgan fingerprint density at radius 1 is 1.28 bits per heavy atom. The molecule has 0 radical (unpaired) electrons. The van der Waals surface area contributed by atoms with Crippen LogP contribution in [0.2, 0.25) is 5.15 Å². The topological polar surface area (TPSA) is 52.1 Å². The van der Waals surface area contributed by atoms with Crippen LogP contribution >= 0.6 is 34.5 Å². The van der Waals surface area contributed by atoms with Gasteiger partial charge < -0.3 is 4.74 Å². The molecule has 3 rings (SSSR count). The van der Waals surface area contributed by atoms with Gasteiger partial charge in [0.1, 0.15) is 20.7 Å². The third-order valence-corrected chi connectivity index (χ3v) is 5.21. The highest BCUT2D eigenvalue weighted by molar-refractivity contribution is 7.20. The van der Waals surface area contributed by atoms with E-state index in [1.807, 2.05) is 0 Å². The summed E-state index contributed by atoms with van der Waals surface area (Å²) in [6, 6.07) is 5.83. The number of thiophene rings is 1. The fraction of sp³-hybridized carbons (Fsp3) is 0.118. The molecule has 8 heteroatoms. The number of nitrogens with zero attached hydrogens (tertiary/aromatic N) is 2. The summed E-state index contributed by atoms with van der Waals surface area (Å²) in [6.07, 6.45) is 1.61. The third kappa shape index (κ3) is 3.51. The summed E-state index contributed by atoms with van der Waals surface area (Å²) in [5.74, 6) is -0.564. The van der Waals surface area contributed by atoms with Crippen molar-refractivity contribution < 1.29 is 13.9 Å². The maximum absolute atomic E-state index is 13.0. The van der Waals surface area contributed by atoms with Crippen LogP contribution in [0.25, 0.3) is 21.3 Å². The van der Waals surface area contributed by atoms with Gasteiger partial charge in [-0.2, -0.15) is 0 Å². The number of benzene rings is 1. The molecule has 25 heavy (non-hydrogen) atoms. The highest BCUT2D eigenvalue weighted by Crippen LogP contribution is 2.35. The number of rotatable bonds is 3. The second-order valence-electron chi connectivity index (χ2n) is 5.11. The minimum Gasteiger partial charge on any atom is -0.465 e. The van der Waals surface area contributed by atoms with Crippen LogP contribution in [0.4, 0.5) is 4.39 Å². The number of halogens is 3. The van der Waals surface area contributed by atoms with Gasteiger partial charge in [0.2, 0.25) is 0 Å². The Kier molecular flexibility index (Phi) is 5.03. The zero-order valence-electron chi connectivity index (χ0n) is 13.1. The van der Waals surface area contributed by atoms with Crippen LogP contribution in [0.15, 0.2) is 24.3 Å². The summed E-state index contributed by atoms with van der Waals surface area (Å²) < 4.78 is 17.7. The lowest BCUT2D eigenvalue weighted by atomic mass is 10.2. The van der Waals surface area contributed by atoms with E-state index in [1.165, 1.54) is 30.6 Å². The molecule has 0 aliphatic heterocycles. The second-order valence-corrected chi connectivity index (χ2v) is 6.87. The van der Waals surface area contributed by atoms with Crippen LogP contribution in [0, 0.1) is 12.7 Å². The molecule has 0 atom stereocenters. The Labute approximate surface area is 156 Å². The summed E-state index contributed by atoms with van der Waals surface area (Å²) in [6.45, 7) is 1.76. The Morgan fingerprint density at radius 2 is 1.96 bits per heavy atom. The number of ether oxygens (including phenoxy) is 1. The molecule has 0 saturated carbocycles. The molecule has 128 valence electrons. The predicted octanol–water partition coefficient (Wildman–Crippen LogP) is 5.32. The van der Waals surface area contributed by atoms with Crippen LogP contribution in [0.5, 0.6) is 0 Å². The van der Waals surface area contributed by atoms with Crippen molar-refractivity contribution in [3.8, 4) is 0 Å². The molecular weight excluding hydrogens is 386 g/mol. The van der Waals surface area contributed by atoms with E-state index < -0.39 is 5.97 Å².